The van der Waals surface area contributed by atoms with Gasteiger partial charge in [0, 0.05) is 5.56 Å². The first kappa shape index (κ1) is 10.3. The van der Waals surface area contributed by atoms with E-state index in [1.807, 2.05) is 6.07 Å². The summed E-state index contributed by atoms with van der Waals surface area (Å²) in [6, 6.07) is 3.75. The van der Waals surface area contributed by atoms with Crippen LogP contribution in [0.2, 0.25) is 0 Å². The number of anilines is 1. The van der Waals surface area contributed by atoms with Gasteiger partial charge in [-0.1, -0.05) is 17.3 Å². The Kier molecular flexibility index (Phi) is 2.35. The lowest BCUT2D eigenvalue weighted by Crippen LogP contribution is -2.06. The van der Waals surface area contributed by atoms with Crippen molar-refractivity contribution in [1.82, 2.24) is 5.16 Å². The molecule has 0 bridgehead atoms. The van der Waals surface area contributed by atoms with Crippen LogP contribution in [0.5, 0.6) is 0 Å². The van der Waals surface area contributed by atoms with Gasteiger partial charge in [0.2, 0.25) is 5.88 Å². The molecule has 1 aliphatic carbocycles. The molecule has 1 aromatic heterocycles. The Morgan fingerprint density at radius 3 is 2.76 bits per heavy atom. The summed E-state index contributed by atoms with van der Waals surface area (Å²) in [6.07, 6.45) is 5.42. The molecule has 0 saturated carbocycles. The summed E-state index contributed by atoms with van der Waals surface area (Å²) in [4.78, 5) is 0. The summed E-state index contributed by atoms with van der Waals surface area (Å²) >= 11 is 0. The Bertz CT molecular complexity index is 563. The van der Waals surface area contributed by atoms with Crippen molar-refractivity contribution >= 4 is 5.88 Å². The number of nitrogens with two attached hydrogens (primary N) is 1. The third kappa shape index (κ3) is 1.60. The van der Waals surface area contributed by atoms with Crippen molar-refractivity contribution in [3.8, 4) is 11.1 Å². The normalized spacial score (nSPS) is 14.6. The average molecular weight is 232 g/mol. The summed E-state index contributed by atoms with van der Waals surface area (Å²) in [5.41, 5.74) is 8.60. The smallest absolute Gasteiger partial charge is 0.230 e. The van der Waals surface area contributed by atoms with Crippen LogP contribution in [0.1, 0.15) is 24.0 Å². The van der Waals surface area contributed by atoms with Gasteiger partial charge in [0.25, 0.3) is 0 Å². The van der Waals surface area contributed by atoms with Gasteiger partial charge in [-0.05, 0) is 36.8 Å². The maximum atomic E-state index is 14.4. The highest BCUT2D eigenvalue weighted by molar-refractivity contribution is 5.73. The molecule has 2 N–H and O–H groups in total. The van der Waals surface area contributed by atoms with Crippen molar-refractivity contribution < 1.29 is 8.91 Å². The maximum Gasteiger partial charge on any atom is 0.230 e. The van der Waals surface area contributed by atoms with Crippen LogP contribution in [0.4, 0.5) is 10.3 Å². The molecule has 3 nitrogen and oxygen atoms in total. The van der Waals surface area contributed by atoms with Crippen LogP contribution in [0.15, 0.2) is 22.9 Å². The molecule has 0 atom stereocenters. The highest BCUT2D eigenvalue weighted by Crippen LogP contribution is 2.33. The standard InChI is InChI=1S/C13H13FN2O/c14-12-9-4-2-1-3-8(9)5-6-10(12)11-7-16-17-13(11)15/h5-7H,1-4,15H2. The molecule has 0 radical (unpaired) electrons. The van der Waals surface area contributed by atoms with Crippen LogP contribution in [0, 0.1) is 5.82 Å². The van der Waals surface area contributed by atoms with Gasteiger partial charge in [-0.15, -0.1) is 0 Å². The second-order valence-electron chi connectivity index (χ2n) is 4.38. The molecule has 1 heterocycles. The van der Waals surface area contributed by atoms with E-state index < -0.39 is 0 Å². The van der Waals surface area contributed by atoms with E-state index in [2.05, 4.69) is 5.16 Å². The van der Waals surface area contributed by atoms with Gasteiger partial charge in [0.15, 0.2) is 0 Å². The van der Waals surface area contributed by atoms with Crippen molar-refractivity contribution in [1.29, 1.82) is 0 Å². The van der Waals surface area contributed by atoms with Crippen LogP contribution >= 0.6 is 0 Å². The van der Waals surface area contributed by atoms with E-state index in [4.69, 9.17) is 10.3 Å². The van der Waals surface area contributed by atoms with Gasteiger partial charge in [-0.25, -0.2) is 4.39 Å². The maximum absolute atomic E-state index is 14.4. The van der Waals surface area contributed by atoms with Crippen LogP contribution in [0.3, 0.4) is 0 Å². The minimum absolute atomic E-state index is 0.166. The molecule has 1 aromatic carbocycles. The fourth-order valence-electron chi connectivity index (χ4n) is 2.44. The molecule has 4 heteroatoms. The largest absolute Gasteiger partial charge is 0.367 e. The fraction of sp³-hybridized carbons (Fsp3) is 0.308. The van der Waals surface area contributed by atoms with Gasteiger partial charge in [0.1, 0.15) is 5.82 Å². The Morgan fingerprint density at radius 2 is 2.00 bits per heavy atom. The number of aryl methyl sites for hydroxylation is 1. The first-order valence-corrected chi connectivity index (χ1v) is 5.78. The molecule has 0 aliphatic heterocycles. The number of benzene rings is 1. The highest BCUT2D eigenvalue weighted by Gasteiger charge is 2.19. The second-order valence-corrected chi connectivity index (χ2v) is 4.38. The summed E-state index contributed by atoms with van der Waals surface area (Å²) in [5, 5.41) is 3.58. The van der Waals surface area contributed by atoms with E-state index >= 15 is 0 Å². The van der Waals surface area contributed by atoms with E-state index in [0.717, 1.165) is 36.8 Å². The van der Waals surface area contributed by atoms with E-state index in [9.17, 15) is 4.39 Å². The Labute approximate surface area is 98.4 Å². The number of fused-ring (bicyclic) bond motifs is 1. The van der Waals surface area contributed by atoms with Crippen molar-refractivity contribution in [3.05, 3.63) is 35.3 Å². The molecule has 88 valence electrons. The lowest BCUT2D eigenvalue weighted by molar-refractivity contribution is 0.436. The molecule has 0 spiro atoms. The molecule has 2 aromatic rings. The first-order chi connectivity index (χ1) is 8.27. The van der Waals surface area contributed by atoms with Crippen molar-refractivity contribution in [2.45, 2.75) is 25.7 Å². The topological polar surface area (TPSA) is 52.0 Å². The highest BCUT2D eigenvalue weighted by atomic mass is 19.1. The number of rotatable bonds is 1. The summed E-state index contributed by atoms with van der Waals surface area (Å²) in [7, 11) is 0. The lowest BCUT2D eigenvalue weighted by atomic mass is 9.89. The number of hydrogen-bond donors (Lipinski definition) is 1. The van der Waals surface area contributed by atoms with Crippen LogP contribution in [-0.4, -0.2) is 5.16 Å². The van der Waals surface area contributed by atoms with Gasteiger partial charge in [-0.2, -0.15) is 0 Å². The third-order valence-electron chi connectivity index (χ3n) is 3.35. The Hall–Kier alpha value is -1.84. The average Bonchev–Trinajstić information content (AvgIpc) is 2.76. The zero-order valence-electron chi connectivity index (χ0n) is 9.37. The van der Waals surface area contributed by atoms with Crippen LogP contribution in [0.25, 0.3) is 11.1 Å². The van der Waals surface area contributed by atoms with Crippen molar-refractivity contribution in [2.24, 2.45) is 0 Å². The fourth-order valence-corrected chi connectivity index (χ4v) is 2.44. The van der Waals surface area contributed by atoms with Gasteiger partial charge < -0.3 is 10.3 Å². The Balaban J connectivity index is 2.16. The van der Waals surface area contributed by atoms with Crippen molar-refractivity contribution in [2.75, 3.05) is 5.73 Å². The zero-order valence-corrected chi connectivity index (χ0v) is 9.37. The van der Waals surface area contributed by atoms with E-state index in [-0.39, 0.29) is 11.7 Å². The first-order valence-electron chi connectivity index (χ1n) is 5.78. The molecule has 0 unspecified atom stereocenters. The molecular weight excluding hydrogens is 219 g/mol. The molecule has 1 aliphatic rings. The van der Waals surface area contributed by atoms with Gasteiger partial charge in [-0.3, -0.25) is 0 Å². The second kappa shape index (κ2) is 3.87. The number of nitrogens with zero attached hydrogens (tertiary/aromatic N) is 1. The van der Waals surface area contributed by atoms with Gasteiger partial charge >= 0.3 is 0 Å². The SMILES string of the molecule is Nc1oncc1-c1ccc2c(c1F)CCCC2. The molecule has 17 heavy (non-hydrogen) atoms. The third-order valence-corrected chi connectivity index (χ3v) is 3.35. The number of aromatic nitrogens is 1. The zero-order chi connectivity index (χ0) is 11.8. The van der Waals surface area contributed by atoms with Crippen molar-refractivity contribution in [3.63, 3.8) is 0 Å². The van der Waals surface area contributed by atoms with Gasteiger partial charge in [0.05, 0.1) is 11.8 Å². The number of halogens is 1. The number of nitrogen functional groups attached to an aromatic ring is 1. The van der Waals surface area contributed by atoms with E-state index in [1.54, 1.807) is 6.07 Å². The summed E-state index contributed by atoms with van der Waals surface area (Å²) < 4.78 is 19.2. The number of hydrogen-bond acceptors (Lipinski definition) is 3. The monoisotopic (exact) mass is 232 g/mol. The van der Waals surface area contributed by atoms with E-state index in [0.29, 0.717) is 11.1 Å². The predicted octanol–water partition coefficient (Wildman–Crippen LogP) is 2.94. The molecule has 0 fully saturated rings. The summed E-state index contributed by atoms with van der Waals surface area (Å²) in [6.45, 7) is 0. The molecule has 0 saturated heterocycles. The summed E-state index contributed by atoms with van der Waals surface area (Å²) in [5.74, 6) is -0.00300. The minimum atomic E-state index is -0.169. The molecule has 0 amide bonds. The molecule has 3 rings (SSSR count). The lowest BCUT2D eigenvalue weighted by Gasteiger charge is -2.17. The van der Waals surface area contributed by atoms with E-state index in [1.165, 1.54) is 6.20 Å². The Morgan fingerprint density at radius 1 is 1.18 bits per heavy atom. The minimum Gasteiger partial charge on any atom is -0.367 e. The predicted molar refractivity (Wildman–Crippen MR) is 63.0 cm³/mol. The van der Waals surface area contributed by atoms with Crippen LogP contribution in [-0.2, 0) is 12.8 Å². The molecular formula is C13H13FN2O. The van der Waals surface area contributed by atoms with Crippen LogP contribution < -0.4 is 5.73 Å². The quantitative estimate of drug-likeness (QED) is 0.822.